The van der Waals surface area contributed by atoms with E-state index in [-0.39, 0.29) is 11.9 Å². The summed E-state index contributed by atoms with van der Waals surface area (Å²) in [6, 6.07) is 4.39. The molecule has 0 spiro atoms. The Morgan fingerprint density at radius 2 is 2.39 bits per heavy atom. The van der Waals surface area contributed by atoms with Gasteiger partial charge in [-0.15, -0.1) is 0 Å². The zero-order valence-corrected chi connectivity index (χ0v) is 12.3. The zero-order valence-electron chi connectivity index (χ0n) is 10.7. The van der Waals surface area contributed by atoms with Gasteiger partial charge < -0.3 is 10.2 Å². The van der Waals surface area contributed by atoms with Crippen LogP contribution >= 0.6 is 15.9 Å². The van der Waals surface area contributed by atoms with Crippen LogP contribution in [0.3, 0.4) is 0 Å². The predicted octanol–water partition coefficient (Wildman–Crippen LogP) is 2.06. The maximum absolute atomic E-state index is 12.1. The Bertz CT molecular complexity index is 438. The van der Waals surface area contributed by atoms with Gasteiger partial charge in [-0.3, -0.25) is 4.79 Å². The molecule has 1 aromatic rings. The summed E-state index contributed by atoms with van der Waals surface area (Å²) in [6.45, 7) is 3.21. The third kappa shape index (κ3) is 3.09. The van der Waals surface area contributed by atoms with Crippen molar-refractivity contribution < 1.29 is 4.79 Å². The minimum atomic E-state index is -0.0933. The number of halogens is 1. The van der Waals surface area contributed by atoms with Crippen molar-refractivity contribution >= 4 is 21.8 Å². The monoisotopic (exact) mass is 311 g/mol. The van der Waals surface area contributed by atoms with E-state index < -0.39 is 0 Å². The lowest BCUT2D eigenvalue weighted by atomic mass is 9.99. The van der Waals surface area contributed by atoms with E-state index in [1.807, 2.05) is 6.07 Å². The molecule has 1 amide bonds. The van der Waals surface area contributed by atoms with E-state index in [2.05, 4.69) is 45.1 Å². The first-order valence-corrected chi connectivity index (χ1v) is 6.99. The van der Waals surface area contributed by atoms with Gasteiger partial charge in [-0.05, 0) is 54.9 Å². The fourth-order valence-electron chi connectivity index (χ4n) is 2.23. The molecule has 2 unspecified atom stereocenters. The van der Waals surface area contributed by atoms with Gasteiger partial charge in [0.25, 0.3) is 5.91 Å². The number of carbonyl (C=O) groups excluding carboxylic acids is 1. The van der Waals surface area contributed by atoms with Crippen molar-refractivity contribution in [3.8, 4) is 0 Å². The van der Waals surface area contributed by atoms with Crippen molar-refractivity contribution in [3.63, 3.8) is 0 Å². The SMILES string of the molecule is CC1CC(NC(=O)c2ncccc2Br)CCN1C. The van der Waals surface area contributed by atoms with Crippen LogP contribution in [0.4, 0.5) is 0 Å². The second-order valence-corrected chi connectivity index (χ2v) is 5.71. The molecule has 1 aromatic heterocycles. The number of rotatable bonds is 2. The average Bonchev–Trinajstić information content (AvgIpc) is 2.34. The Kier molecular flexibility index (Phi) is 4.35. The van der Waals surface area contributed by atoms with Crippen molar-refractivity contribution in [2.24, 2.45) is 0 Å². The molecule has 18 heavy (non-hydrogen) atoms. The minimum absolute atomic E-state index is 0.0933. The van der Waals surface area contributed by atoms with Crippen LogP contribution < -0.4 is 5.32 Å². The first-order chi connectivity index (χ1) is 8.58. The molecule has 98 valence electrons. The molecule has 0 aromatic carbocycles. The Hall–Kier alpha value is -0.940. The van der Waals surface area contributed by atoms with Crippen LogP contribution in [0.15, 0.2) is 22.8 Å². The van der Waals surface area contributed by atoms with Crippen molar-refractivity contribution in [1.82, 2.24) is 15.2 Å². The number of hydrogen-bond donors (Lipinski definition) is 1. The third-order valence-electron chi connectivity index (χ3n) is 3.52. The molecule has 0 saturated carbocycles. The maximum atomic E-state index is 12.1. The third-order valence-corrected chi connectivity index (χ3v) is 4.16. The largest absolute Gasteiger partial charge is 0.348 e. The molecule has 0 aliphatic carbocycles. The van der Waals surface area contributed by atoms with Crippen LogP contribution in [0.1, 0.15) is 30.3 Å². The fraction of sp³-hybridized carbons (Fsp3) is 0.538. The van der Waals surface area contributed by atoms with Crippen LogP contribution in [0.5, 0.6) is 0 Å². The number of hydrogen-bond acceptors (Lipinski definition) is 3. The van der Waals surface area contributed by atoms with Crippen LogP contribution in [0.2, 0.25) is 0 Å². The van der Waals surface area contributed by atoms with Crippen molar-refractivity contribution in [1.29, 1.82) is 0 Å². The molecule has 0 radical (unpaired) electrons. The van der Waals surface area contributed by atoms with E-state index in [1.165, 1.54) is 0 Å². The van der Waals surface area contributed by atoms with Crippen molar-refractivity contribution in [2.75, 3.05) is 13.6 Å². The van der Waals surface area contributed by atoms with Crippen molar-refractivity contribution in [3.05, 3.63) is 28.5 Å². The van der Waals surface area contributed by atoms with E-state index in [9.17, 15) is 4.79 Å². The molecule has 1 saturated heterocycles. The standard InChI is InChI=1S/C13H18BrN3O/c1-9-8-10(5-7-17(9)2)16-13(18)12-11(14)4-3-6-15-12/h3-4,6,9-10H,5,7-8H2,1-2H3,(H,16,18). The van der Waals surface area contributed by atoms with Gasteiger partial charge >= 0.3 is 0 Å². The molecular formula is C13H18BrN3O. The molecule has 5 heteroatoms. The molecule has 2 atom stereocenters. The molecule has 2 rings (SSSR count). The van der Waals surface area contributed by atoms with Gasteiger partial charge in [0.2, 0.25) is 0 Å². The van der Waals surface area contributed by atoms with Gasteiger partial charge in [-0.25, -0.2) is 4.98 Å². The lowest BCUT2D eigenvalue weighted by Gasteiger charge is -2.35. The van der Waals surface area contributed by atoms with E-state index in [4.69, 9.17) is 0 Å². The van der Waals surface area contributed by atoms with Crippen LogP contribution in [-0.4, -0.2) is 41.5 Å². The van der Waals surface area contributed by atoms with Gasteiger partial charge in [-0.2, -0.15) is 0 Å². The Labute approximate surface area is 116 Å². The highest BCUT2D eigenvalue weighted by atomic mass is 79.9. The highest BCUT2D eigenvalue weighted by molar-refractivity contribution is 9.10. The van der Waals surface area contributed by atoms with Gasteiger partial charge in [0.05, 0.1) is 0 Å². The van der Waals surface area contributed by atoms with Crippen molar-refractivity contribution in [2.45, 2.75) is 31.8 Å². The van der Waals surface area contributed by atoms with E-state index in [0.717, 1.165) is 23.9 Å². The number of likely N-dealkylation sites (tertiary alicyclic amines) is 1. The van der Waals surface area contributed by atoms with E-state index in [0.29, 0.717) is 11.7 Å². The number of nitrogens with zero attached hydrogens (tertiary/aromatic N) is 2. The maximum Gasteiger partial charge on any atom is 0.271 e. The van der Waals surface area contributed by atoms with Crippen LogP contribution in [0, 0.1) is 0 Å². The smallest absolute Gasteiger partial charge is 0.271 e. The van der Waals surface area contributed by atoms with Gasteiger partial charge in [0, 0.05) is 29.3 Å². The summed E-state index contributed by atoms with van der Waals surface area (Å²) in [7, 11) is 2.12. The minimum Gasteiger partial charge on any atom is -0.348 e. The van der Waals surface area contributed by atoms with Gasteiger partial charge in [-0.1, -0.05) is 0 Å². The summed E-state index contributed by atoms with van der Waals surface area (Å²) in [5, 5.41) is 3.07. The molecule has 1 aliphatic heterocycles. The second kappa shape index (κ2) is 5.80. The molecular weight excluding hydrogens is 294 g/mol. The summed E-state index contributed by atoms with van der Waals surface area (Å²) >= 11 is 3.35. The number of amides is 1. The topological polar surface area (TPSA) is 45.2 Å². The molecule has 4 nitrogen and oxygen atoms in total. The zero-order chi connectivity index (χ0) is 13.1. The first-order valence-electron chi connectivity index (χ1n) is 6.19. The summed E-state index contributed by atoms with van der Waals surface area (Å²) < 4.78 is 0.739. The van der Waals surface area contributed by atoms with Crippen LogP contribution in [-0.2, 0) is 0 Å². The van der Waals surface area contributed by atoms with Gasteiger partial charge in [0.1, 0.15) is 5.69 Å². The summed E-state index contributed by atoms with van der Waals surface area (Å²) in [5.74, 6) is -0.0933. The van der Waals surface area contributed by atoms with E-state index >= 15 is 0 Å². The fourth-order valence-corrected chi connectivity index (χ4v) is 2.66. The number of pyridine rings is 1. The Morgan fingerprint density at radius 3 is 3.06 bits per heavy atom. The number of carbonyl (C=O) groups is 1. The Balaban J connectivity index is 1.98. The van der Waals surface area contributed by atoms with E-state index in [1.54, 1.807) is 12.3 Å². The molecule has 1 aliphatic rings. The number of nitrogens with one attached hydrogen (secondary N) is 1. The molecule has 1 fully saturated rings. The summed E-state index contributed by atoms with van der Waals surface area (Å²) in [4.78, 5) is 18.5. The second-order valence-electron chi connectivity index (χ2n) is 4.86. The Morgan fingerprint density at radius 1 is 1.61 bits per heavy atom. The van der Waals surface area contributed by atoms with Crippen LogP contribution in [0.25, 0.3) is 0 Å². The summed E-state index contributed by atoms with van der Waals surface area (Å²) in [6.07, 6.45) is 3.63. The lowest BCUT2D eigenvalue weighted by molar-refractivity contribution is 0.0890. The highest BCUT2D eigenvalue weighted by Gasteiger charge is 2.24. The summed E-state index contributed by atoms with van der Waals surface area (Å²) in [5.41, 5.74) is 0.462. The lowest BCUT2D eigenvalue weighted by Crippen LogP contribution is -2.47. The average molecular weight is 312 g/mol. The van der Waals surface area contributed by atoms with Gasteiger partial charge in [0.15, 0.2) is 0 Å². The number of aromatic nitrogens is 1. The molecule has 2 heterocycles. The predicted molar refractivity (Wildman–Crippen MR) is 74.5 cm³/mol. The quantitative estimate of drug-likeness (QED) is 0.909. The number of piperidine rings is 1. The first kappa shape index (κ1) is 13.5. The normalized spacial score (nSPS) is 24.8. The highest BCUT2D eigenvalue weighted by Crippen LogP contribution is 2.17. The molecule has 1 N–H and O–H groups in total. The molecule has 0 bridgehead atoms.